The first-order valence-corrected chi connectivity index (χ1v) is 10.3. The van der Waals surface area contributed by atoms with Crippen molar-refractivity contribution in [2.45, 2.75) is 48.9 Å². The van der Waals surface area contributed by atoms with Crippen LogP contribution in [0.25, 0.3) is 0 Å². The number of ether oxygens (including phenoxy) is 1. The fourth-order valence-corrected chi connectivity index (χ4v) is 5.73. The summed E-state index contributed by atoms with van der Waals surface area (Å²) in [6.45, 7) is 1.75. The van der Waals surface area contributed by atoms with Gasteiger partial charge >= 0.3 is 5.97 Å². The highest BCUT2D eigenvalue weighted by atomic mass is 32.2. The maximum atomic E-state index is 13.5. The van der Waals surface area contributed by atoms with Crippen LogP contribution in [0, 0.1) is 6.92 Å². The quantitative estimate of drug-likeness (QED) is 0.803. The number of phenols is 1. The van der Waals surface area contributed by atoms with Gasteiger partial charge in [-0.3, -0.25) is 0 Å². The number of aromatic carboxylic acids is 1. The summed E-state index contributed by atoms with van der Waals surface area (Å²) in [5, 5.41) is 19.0. The minimum Gasteiger partial charge on any atom is -0.507 e. The van der Waals surface area contributed by atoms with E-state index < -0.39 is 26.5 Å². The Hall–Kier alpha value is -2.54. The summed E-state index contributed by atoms with van der Waals surface area (Å²) in [6, 6.07) is 10.5. The predicted molar refractivity (Wildman–Crippen MR) is 99.9 cm³/mol. The van der Waals surface area contributed by atoms with Crippen LogP contribution in [0.15, 0.2) is 47.4 Å². The summed E-state index contributed by atoms with van der Waals surface area (Å²) in [5.41, 5.74) is 0.386. The molecule has 3 rings (SSSR count). The van der Waals surface area contributed by atoms with Gasteiger partial charge < -0.3 is 14.9 Å². The van der Waals surface area contributed by atoms with E-state index >= 15 is 0 Å². The molecule has 2 N–H and O–H groups in total. The monoisotopic (exact) mass is 390 g/mol. The van der Waals surface area contributed by atoms with Gasteiger partial charge in [0.1, 0.15) is 17.1 Å². The predicted octanol–water partition coefficient (Wildman–Crippen LogP) is 3.91. The lowest BCUT2D eigenvalue weighted by Gasteiger charge is -2.37. The Morgan fingerprint density at radius 2 is 1.74 bits per heavy atom. The van der Waals surface area contributed by atoms with Crippen molar-refractivity contribution in [3.8, 4) is 11.5 Å². The van der Waals surface area contributed by atoms with Gasteiger partial charge in [-0.2, -0.15) is 0 Å². The highest BCUT2D eigenvalue weighted by molar-refractivity contribution is 7.92. The molecule has 0 atom stereocenters. The van der Waals surface area contributed by atoms with Crippen LogP contribution in [0.1, 0.15) is 48.0 Å². The lowest BCUT2D eigenvalue weighted by atomic mass is 9.97. The number of carboxylic acid groups (broad SMARTS) is 1. The second-order valence-electron chi connectivity index (χ2n) is 6.83. The summed E-state index contributed by atoms with van der Waals surface area (Å²) in [4.78, 5) is 9.87. The summed E-state index contributed by atoms with van der Waals surface area (Å²) in [5.74, 6) is -1.59. The van der Waals surface area contributed by atoms with Crippen molar-refractivity contribution < 1.29 is 28.2 Å². The summed E-state index contributed by atoms with van der Waals surface area (Å²) in [7, 11) is -3.81. The molecule has 1 aliphatic carbocycles. The second-order valence-corrected chi connectivity index (χ2v) is 9.02. The molecule has 27 heavy (non-hydrogen) atoms. The smallest absolute Gasteiger partial charge is 0.339 e. The Morgan fingerprint density at radius 1 is 1.07 bits per heavy atom. The van der Waals surface area contributed by atoms with E-state index in [0.717, 1.165) is 12.5 Å². The van der Waals surface area contributed by atoms with Gasteiger partial charge in [0.2, 0.25) is 14.8 Å². The summed E-state index contributed by atoms with van der Waals surface area (Å²) in [6.07, 6.45) is 3.03. The molecule has 2 aromatic rings. The Morgan fingerprint density at radius 3 is 2.33 bits per heavy atom. The van der Waals surface area contributed by atoms with Crippen molar-refractivity contribution in [3.63, 3.8) is 0 Å². The van der Waals surface area contributed by atoms with Crippen molar-refractivity contribution >= 4 is 15.8 Å². The maximum Gasteiger partial charge on any atom is 0.339 e. The van der Waals surface area contributed by atoms with Crippen LogP contribution >= 0.6 is 0 Å². The van der Waals surface area contributed by atoms with Crippen LogP contribution in [0.4, 0.5) is 0 Å². The molecule has 0 bridgehead atoms. The topological polar surface area (TPSA) is 101 Å². The molecule has 1 saturated carbocycles. The molecular formula is C20H22O6S. The van der Waals surface area contributed by atoms with Gasteiger partial charge in [-0.15, -0.1) is 0 Å². The van der Waals surface area contributed by atoms with Gasteiger partial charge in [-0.25, -0.2) is 13.2 Å². The number of hydrogen-bond donors (Lipinski definition) is 2. The molecule has 0 amide bonds. The third-order valence-electron chi connectivity index (χ3n) is 4.99. The van der Waals surface area contributed by atoms with Gasteiger partial charge in [0, 0.05) is 18.9 Å². The lowest BCUT2D eigenvalue weighted by molar-refractivity contribution is 0.0693. The van der Waals surface area contributed by atoms with Crippen LogP contribution in [0.3, 0.4) is 0 Å². The SMILES string of the molecule is Cc1ccccc1S(=O)(=O)C1(Oc2ccc(C(=O)O)c(O)c2)CCCCC1. The number of hydrogen-bond acceptors (Lipinski definition) is 5. The zero-order chi connectivity index (χ0) is 19.7. The number of aromatic hydroxyl groups is 1. The van der Waals surface area contributed by atoms with Crippen molar-refractivity contribution in [1.82, 2.24) is 0 Å². The van der Waals surface area contributed by atoms with E-state index in [2.05, 4.69) is 0 Å². The largest absolute Gasteiger partial charge is 0.507 e. The summed E-state index contributed by atoms with van der Waals surface area (Å²) >= 11 is 0. The molecule has 0 spiro atoms. The van der Waals surface area contributed by atoms with Gasteiger partial charge in [0.05, 0.1) is 4.90 Å². The Kier molecular flexibility index (Phi) is 5.15. The van der Waals surface area contributed by atoms with E-state index in [0.29, 0.717) is 31.2 Å². The number of carbonyl (C=O) groups is 1. The van der Waals surface area contributed by atoms with Crippen LogP contribution < -0.4 is 4.74 Å². The maximum absolute atomic E-state index is 13.5. The molecule has 2 aromatic carbocycles. The van der Waals surface area contributed by atoms with E-state index in [4.69, 9.17) is 9.84 Å². The zero-order valence-corrected chi connectivity index (χ0v) is 15.8. The molecule has 0 unspecified atom stereocenters. The summed E-state index contributed by atoms with van der Waals surface area (Å²) < 4.78 is 33.0. The minimum absolute atomic E-state index is 0.136. The molecule has 6 nitrogen and oxygen atoms in total. The van der Waals surface area contributed by atoms with Gasteiger partial charge in [0.25, 0.3) is 0 Å². The van der Waals surface area contributed by atoms with Crippen molar-refractivity contribution in [1.29, 1.82) is 0 Å². The number of benzene rings is 2. The molecule has 0 aromatic heterocycles. The van der Waals surface area contributed by atoms with Crippen molar-refractivity contribution in [2.75, 3.05) is 0 Å². The highest BCUT2D eigenvalue weighted by Crippen LogP contribution is 2.42. The molecule has 0 aliphatic heterocycles. The Labute approximate surface area is 158 Å². The second kappa shape index (κ2) is 7.23. The molecule has 0 heterocycles. The van der Waals surface area contributed by atoms with Crippen LogP contribution in [0.2, 0.25) is 0 Å². The first kappa shape index (κ1) is 19.2. The zero-order valence-electron chi connectivity index (χ0n) is 15.0. The normalized spacial score (nSPS) is 16.6. The Balaban J connectivity index is 2.05. The third kappa shape index (κ3) is 3.51. The fraction of sp³-hybridized carbons (Fsp3) is 0.350. The van der Waals surface area contributed by atoms with Crippen LogP contribution in [-0.4, -0.2) is 29.5 Å². The van der Waals surface area contributed by atoms with E-state index in [-0.39, 0.29) is 16.2 Å². The molecule has 7 heteroatoms. The fourth-order valence-electron chi connectivity index (χ4n) is 3.54. The first-order valence-electron chi connectivity index (χ1n) is 8.82. The number of carboxylic acids is 1. The molecule has 0 radical (unpaired) electrons. The van der Waals surface area contributed by atoms with Gasteiger partial charge in [0.15, 0.2) is 0 Å². The molecule has 1 fully saturated rings. The Bertz CT molecular complexity index is 958. The number of aryl methyl sites for hydroxylation is 1. The van der Waals surface area contributed by atoms with E-state index in [1.807, 2.05) is 0 Å². The standard InChI is InChI=1S/C20H22O6S/c1-14-7-3-4-8-18(14)27(24,25)20(11-5-2-6-12-20)26-15-9-10-16(19(22)23)17(21)13-15/h3-4,7-10,13,21H,2,5-6,11-12H2,1H3,(H,22,23). The third-order valence-corrected chi connectivity index (χ3v) is 7.50. The van der Waals surface area contributed by atoms with Gasteiger partial charge in [-0.05, 0) is 43.5 Å². The lowest BCUT2D eigenvalue weighted by Crippen LogP contribution is -2.46. The average Bonchev–Trinajstić information content (AvgIpc) is 2.62. The molecule has 144 valence electrons. The van der Waals surface area contributed by atoms with E-state index in [1.165, 1.54) is 12.1 Å². The highest BCUT2D eigenvalue weighted by Gasteiger charge is 2.48. The van der Waals surface area contributed by atoms with Crippen molar-refractivity contribution in [2.24, 2.45) is 0 Å². The molecule has 0 saturated heterocycles. The number of sulfone groups is 1. The number of rotatable bonds is 5. The minimum atomic E-state index is -3.81. The van der Waals surface area contributed by atoms with E-state index in [1.54, 1.807) is 31.2 Å². The van der Waals surface area contributed by atoms with Gasteiger partial charge in [-0.1, -0.05) is 24.6 Å². The molecular weight excluding hydrogens is 368 g/mol. The first-order chi connectivity index (χ1) is 12.8. The average molecular weight is 390 g/mol. The van der Waals surface area contributed by atoms with Crippen molar-refractivity contribution in [3.05, 3.63) is 53.6 Å². The van der Waals surface area contributed by atoms with Crippen LogP contribution in [-0.2, 0) is 9.84 Å². The van der Waals surface area contributed by atoms with E-state index in [9.17, 15) is 18.3 Å². The van der Waals surface area contributed by atoms with Crippen LogP contribution in [0.5, 0.6) is 11.5 Å². The molecule has 1 aliphatic rings.